The van der Waals surface area contributed by atoms with Gasteiger partial charge in [0.15, 0.2) is 0 Å². The third-order valence-electron chi connectivity index (χ3n) is 2.57. The summed E-state index contributed by atoms with van der Waals surface area (Å²) in [6.45, 7) is 6.14. The molecule has 0 saturated carbocycles. The predicted molar refractivity (Wildman–Crippen MR) is 78.3 cm³/mol. The third kappa shape index (κ3) is 6.77. The van der Waals surface area contributed by atoms with Crippen LogP contribution >= 0.6 is 15.9 Å². The number of benzene rings is 1. The maximum atomic E-state index is 11.5. The largest absolute Gasteiger partial charge is 0.355 e. The Labute approximate surface area is 117 Å². The van der Waals surface area contributed by atoms with Gasteiger partial charge in [0.05, 0.1) is 6.54 Å². The van der Waals surface area contributed by atoms with Crippen molar-refractivity contribution in [2.24, 2.45) is 5.92 Å². The fourth-order valence-electron chi connectivity index (χ4n) is 1.49. The molecule has 100 valence electrons. The van der Waals surface area contributed by atoms with Gasteiger partial charge in [0.1, 0.15) is 0 Å². The molecule has 0 aliphatic heterocycles. The second-order valence-corrected chi connectivity index (χ2v) is 5.68. The topological polar surface area (TPSA) is 41.1 Å². The Balaban J connectivity index is 2.13. The highest BCUT2D eigenvalue weighted by Crippen LogP contribution is 2.09. The van der Waals surface area contributed by atoms with Crippen molar-refractivity contribution in [3.8, 4) is 0 Å². The molecule has 0 radical (unpaired) electrons. The molecule has 0 spiro atoms. The van der Waals surface area contributed by atoms with Crippen molar-refractivity contribution in [1.82, 2.24) is 10.6 Å². The Kier molecular flexibility index (Phi) is 6.98. The first-order valence-electron chi connectivity index (χ1n) is 6.30. The van der Waals surface area contributed by atoms with Crippen molar-refractivity contribution in [2.45, 2.75) is 26.8 Å². The Morgan fingerprint density at radius 1 is 1.28 bits per heavy atom. The molecule has 0 bridgehead atoms. The molecule has 0 atom stereocenters. The molecule has 1 aromatic carbocycles. The van der Waals surface area contributed by atoms with Crippen LogP contribution in [0.4, 0.5) is 0 Å². The van der Waals surface area contributed by atoms with Crippen LogP contribution in [0.5, 0.6) is 0 Å². The van der Waals surface area contributed by atoms with Gasteiger partial charge in [-0.25, -0.2) is 0 Å². The van der Waals surface area contributed by atoms with Gasteiger partial charge < -0.3 is 10.6 Å². The van der Waals surface area contributed by atoms with Crippen LogP contribution in [0, 0.1) is 5.92 Å². The fraction of sp³-hybridized carbons (Fsp3) is 0.500. The van der Waals surface area contributed by atoms with Crippen LogP contribution in [-0.4, -0.2) is 19.0 Å². The Morgan fingerprint density at radius 2 is 1.94 bits per heavy atom. The lowest BCUT2D eigenvalue weighted by atomic mass is 10.1. The van der Waals surface area contributed by atoms with Crippen LogP contribution in [0.2, 0.25) is 0 Å². The number of carbonyl (C=O) groups excluding carboxylic acids is 1. The van der Waals surface area contributed by atoms with Crippen LogP contribution < -0.4 is 10.6 Å². The number of nitrogens with one attached hydrogen (secondary N) is 2. The number of amides is 1. The first-order valence-corrected chi connectivity index (χ1v) is 7.09. The lowest BCUT2D eigenvalue weighted by Gasteiger charge is -2.08. The molecule has 0 aromatic heterocycles. The lowest BCUT2D eigenvalue weighted by molar-refractivity contribution is -0.120. The first kappa shape index (κ1) is 15.2. The number of hydrogen-bond acceptors (Lipinski definition) is 2. The molecule has 0 fully saturated rings. The van der Waals surface area contributed by atoms with Gasteiger partial charge in [-0.3, -0.25) is 4.79 Å². The second-order valence-electron chi connectivity index (χ2n) is 4.76. The van der Waals surface area contributed by atoms with Crippen molar-refractivity contribution in [1.29, 1.82) is 0 Å². The quantitative estimate of drug-likeness (QED) is 0.813. The number of rotatable bonds is 7. The minimum absolute atomic E-state index is 0.0627. The van der Waals surface area contributed by atoms with E-state index in [0.717, 1.165) is 17.4 Å². The number of hydrogen-bond donors (Lipinski definition) is 2. The average Bonchev–Trinajstić information content (AvgIpc) is 2.31. The summed E-state index contributed by atoms with van der Waals surface area (Å²) in [7, 11) is 0. The van der Waals surface area contributed by atoms with E-state index < -0.39 is 0 Å². The highest BCUT2D eigenvalue weighted by molar-refractivity contribution is 9.10. The summed E-state index contributed by atoms with van der Waals surface area (Å²) in [5, 5.41) is 6.03. The monoisotopic (exact) mass is 312 g/mol. The Bertz CT molecular complexity index is 363. The van der Waals surface area contributed by atoms with Crippen molar-refractivity contribution in [3.05, 3.63) is 34.3 Å². The molecule has 0 aliphatic rings. The predicted octanol–water partition coefficient (Wildman–Crippen LogP) is 2.70. The molecule has 3 nitrogen and oxygen atoms in total. The summed E-state index contributed by atoms with van der Waals surface area (Å²) < 4.78 is 1.07. The van der Waals surface area contributed by atoms with Crippen LogP contribution in [0.3, 0.4) is 0 Å². The van der Waals surface area contributed by atoms with Crippen LogP contribution in [0.25, 0.3) is 0 Å². The molecular formula is C14H21BrN2O. The van der Waals surface area contributed by atoms with E-state index >= 15 is 0 Å². The molecule has 1 rings (SSSR count). The normalized spacial score (nSPS) is 10.7. The van der Waals surface area contributed by atoms with Gasteiger partial charge in [-0.2, -0.15) is 0 Å². The Morgan fingerprint density at radius 3 is 2.56 bits per heavy atom. The summed E-state index contributed by atoms with van der Waals surface area (Å²) in [4.78, 5) is 11.5. The molecular weight excluding hydrogens is 292 g/mol. The zero-order chi connectivity index (χ0) is 13.4. The molecule has 2 N–H and O–H groups in total. The standard InChI is InChI=1S/C14H21BrN2O/c1-11(2)7-8-17-14(18)10-16-9-12-3-5-13(15)6-4-12/h3-6,11,16H,7-10H2,1-2H3,(H,17,18). The smallest absolute Gasteiger partial charge is 0.233 e. The number of carbonyl (C=O) groups is 1. The van der Waals surface area contributed by atoms with Crippen molar-refractivity contribution in [3.63, 3.8) is 0 Å². The molecule has 18 heavy (non-hydrogen) atoms. The third-order valence-corrected chi connectivity index (χ3v) is 3.10. The number of halogens is 1. The van der Waals surface area contributed by atoms with E-state index in [-0.39, 0.29) is 5.91 Å². The molecule has 0 unspecified atom stereocenters. The van der Waals surface area contributed by atoms with Crippen LogP contribution in [0.1, 0.15) is 25.8 Å². The highest BCUT2D eigenvalue weighted by atomic mass is 79.9. The van der Waals surface area contributed by atoms with Crippen molar-refractivity contribution >= 4 is 21.8 Å². The molecule has 0 saturated heterocycles. The summed E-state index contributed by atoms with van der Waals surface area (Å²) >= 11 is 3.39. The molecule has 1 aromatic rings. The summed E-state index contributed by atoms with van der Waals surface area (Å²) in [6, 6.07) is 8.07. The van der Waals surface area contributed by atoms with E-state index in [0.29, 0.717) is 19.0 Å². The molecule has 1 amide bonds. The summed E-state index contributed by atoms with van der Waals surface area (Å²) in [5.74, 6) is 0.689. The van der Waals surface area contributed by atoms with Gasteiger partial charge in [-0.1, -0.05) is 41.9 Å². The van der Waals surface area contributed by atoms with E-state index in [2.05, 4.69) is 40.4 Å². The zero-order valence-corrected chi connectivity index (χ0v) is 12.6. The molecule has 4 heteroatoms. The van der Waals surface area contributed by atoms with Gasteiger partial charge >= 0.3 is 0 Å². The maximum Gasteiger partial charge on any atom is 0.233 e. The SMILES string of the molecule is CC(C)CCNC(=O)CNCc1ccc(Br)cc1. The van der Waals surface area contributed by atoms with Gasteiger partial charge in [0.25, 0.3) is 0 Å². The van der Waals surface area contributed by atoms with E-state index in [1.54, 1.807) is 0 Å². The zero-order valence-electron chi connectivity index (χ0n) is 11.0. The average molecular weight is 313 g/mol. The lowest BCUT2D eigenvalue weighted by Crippen LogP contribution is -2.34. The first-order chi connectivity index (χ1) is 8.58. The maximum absolute atomic E-state index is 11.5. The molecule has 0 aliphatic carbocycles. The summed E-state index contributed by atoms with van der Waals surface area (Å²) in [6.07, 6.45) is 1.03. The van der Waals surface area contributed by atoms with Crippen molar-refractivity contribution < 1.29 is 4.79 Å². The van der Waals surface area contributed by atoms with E-state index in [1.165, 1.54) is 5.56 Å². The minimum Gasteiger partial charge on any atom is -0.355 e. The van der Waals surface area contributed by atoms with Crippen LogP contribution in [0.15, 0.2) is 28.7 Å². The fourth-order valence-corrected chi connectivity index (χ4v) is 1.75. The van der Waals surface area contributed by atoms with Gasteiger partial charge in [0.2, 0.25) is 5.91 Å². The van der Waals surface area contributed by atoms with E-state index in [9.17, 15) is 4.79 Å². The summed E-state index contributed by atoms with van der Waals surface area (Å²) in [5.41, 5.74) is 1.17. The second kappa shape index (κ2) is 8.27. The van der Waals surface area contributed by atoms with Gasteiger partial charge in [-0.15, -0.1) is 0 Å². The van der Waals surface area contributed by atoms with E-state index in [1.807, 2.05) is 24.3 Å². The van der Waals surface area contributed by atoms with Crippen LogP contribution in [-0.2, 0) is 11.3 Å². The van der Waals surface area contributed by atoms with Gasteiger partial charge in [-0.05, 0) is 30.0 Å². The van der Waals surface area contributed by atoms with E-state index in [4.69, 9.17) is 0 Å². The minimum atomic E-state index is 0.0627. The van der Waals surface area contributed by atoms with Gasteiger partial charge in [0, 0.05) is 17.6 Å². The van der Waals surface area contributed by atoms with Crippen molar-refractivity contribution in [2.75, 3.05) is 13.1 Å². The molecule has 0 heterocycles. The Hall–Kier alpha value is -0.870. The highest BCUT2D eigenvalue weighted by Gasteiger charge is 2.01.